The Hall–Kier alpha value is -4.17. The standard InChI is InChI=1S/C30H33F7N6O5/c1-28(2,3)22(40-25(46)21(29(32,33)34)30(35,36)37)27(48)43-11-17-15-4-5-16(15)19(17)20(43)26(47)42-10-12(6-14(42)8-38)24(45)41-23-18(44)7-13(31)9-39-23/h7,9,12,14-17,19-22,44H,4-6,10-11H2,1-3H3,(H,40,46)(H,39,41,45)/t12?,14?,15-,16?,17-,19+,20+,22-/m1/s1. The van der Waals surface area contributed by atoms with Crippen molar-refractivity contribution in [3.63, 3.8) is 0 Å². The summed E-state index contributed by atoms with van der Waals surface area (Å²) in [6, 6.07) is -1.59. The van der Waals surface area contributed by atoms with Crippen LogP contribution in [0.25, 0.3) is 0 Å². The third-order valence-electron chi connectivity index (χ3n) is 10.1. The van der Waals surface area contributed by atoms with Crippen LogP contribution in [0.5, 0.6) is 5.75 Å². The Balaban J connectivity index is 1.40. The molecule has 2 aliphatic heterocycles. The number of rotatable bonds is 6. The van der Waals surface area contributed by atoms with Gasteiger partial charge in [-0.15, -0.1) is 0 Å². The molecule has 8 atom stereocenters. The number of fused-ring (bicyclic) bond motifs is 4. The van der Waals surface area contributed by atoms with Crippen LogP contribution in [-0.2, 0) is 19.2 Å². The lowest BCUT2D eigenvalue weighted by molar-refractivity contribution is -0.274. The third-order valence-corrected chi connectivity index (χ3v) is 10.1. The molecule has 0 radical (unpaired) electrons. The van der Waals surface area contributed by atoms with E-state index in [-0.39, 0.29) is 43.1 Å². The van der Waals surface area contributed by atoms with E-state index in [1.807, 2.05) is 6.07 Å². The average Bonchev–Trinajstić information content (AvgIpc) is 3.51. The molecule has 0 aromatic carbocycles. The molecule has 262 valence electrons. The summed E-state index contributed by atoms with van der Waals surface area (Å²) in [5.41, 5.74) is -1.39. The van der Waals surface area contributed by atoms with E-state index in [1.54, 1.807) is 5.32 Å². The van der Waals surface area contributed by atoms with E-state index in [4.69, 9.17) is 0 Å². The largest absolute Gasteiger partial charge is 0.504 e. The number of hydrogen-bond acceptors (Lipinski definition) is 7. The summed E-state index contributed by atoms with van der Waals surface area (Å²) in [4.78, 5) is 59.8. The first-order chi connectivity index (χ1) is 22.1. The van der Waals surface area contributed by atoms with Crippen LogP contribution in [0.1, 0.15) is 40.0 Å². The molecule has 3 N–H and O–H groups in total. The maximum absolute atomic E-state index is 14.3. The fourth-order valence-electron chi connectivity index (χ4n) is 7.65. The predicted molar refractivity (Wildman–Crippen MR) is 149 cm³/mol. The average molecular weight is 691 g/mol. The van der Waals surface area contributed by atoms with Crippen LogP contribution in [0.4, 0.5) is 36.6 Å². The normalized spacial score (nSPS) is 28.8. The van der Waals surface area contributed by atoms with Crippen LogP contribution in [0.15, 0.2) is 12.3 Å². The molecule has 2 saturated heterocycles. The van der Waals surface area contributed by atoms with Crippen molar-refractivity contribution in [2.24, 2.45) is 40.9 Å². The minimum absolute atomic E-state index is 0.0269. The zero-order valence-electron chi connectivity index (χ0n) is 25.9. The quantitative estimate of drug-likeness (QED) is 0.387. The molecule has 4 fully saturated rings. The molecule has 3 unspecified atom stereocenters. The van der Waals surface area contributed by atoms with Gasteiger partial charge in [0, 0.05) is 19.2 Å². The third kappa shape index (κ3) is 6.23. The van der Waals surface area contributed by atoms with Crippen LogP contribution in [0.2, 0.25) is 0 Å². The van der Waals surface area contributed by atoms with Gasteiger partial charge in [-0.3, -0.25) is 19.2 Å². The maximum Gasteiger partial charge on any atom is 0.409 e. The number of hydrogen-bond donors (Lipinski definition) is 3. The highest BCUT2D eigenvalue weighted by Crippen LogP contribution is 2.63. The highest BCUT2D eigenvalue weighted by molar-refractivity contribution is 5.96. The summed E-state index contributed by atoms with van der Waals surface area (Å²) in [5.74, 6) is -12.6. The van der Waals surface area contributed by atoms with Gasteiger partial charge >= 0.3 is 12.4 Å². The van der Waals surface area contributed by atoms with Crippen LogP contribution >= 0.6 is 0 Å². The molecule has 18 heteroatoms. The van der Waals surface area contributed by atoms with Gasteiger partial charge in [0.15, 0.2) is 11.6 Å². The molecule has 3 heterocycles. The van der Waals surface area contributed by atoms with Crippen LogP contribution in [0, 0.1) is 58.1 Å². The number of nitriles is 1. The number of halogens is 7. The zero-order chi connectivity index (χ0) is 35.7. The van der Waals surface area contributed by atoms with Gasteiger partial charge in [0.25, 0.3) is 0 Å². The van der Waals surface area contributed by atoms with Gasteiger partial charge in [0.05, 0.1) is 18.2 Å². The Morgan fingerprint density at radius 3 is 2.15 bits per heavy atom. The molecule has 0 bridgehead atoms. The first-order valence-corrected chi connectivity index (χ1v) is 15.2. The molecule has 48 heavy (non-hydrogen) atoms. The van der Waals surface area contributed by atoms with E-state index >= 15 is 0 Å². The van der Waals surface area contributed by atoms with Crippen molar-refractivity contribution in [1.29, 1.82) is 5.26 Å². The first kappa shape index (κ1) is 35.1. The molecule has 4 amide bonds. The van der Waals surface area contributed by atoms with E-state index in [9.17, 15) is 60.3 Å². The van der Waals surface area contributed by atoms with Crippen LogP contribution < -0.4 is 10.6 Å². The number of amides is 4. The van der Waals surface area contributed by atoms with Gasteiger partial charge in [0.1, 0.15) is 23.9 Å². The molecule has 11 nitrogen and oxygen atoms in total. The maximum atomic E-state index is 14.3. The van der Waals surface area contributed by atoms with Crippen molar-refractivity contribution in [1.82, 2.24) is 20.1 Å². The van der Waals surface area contributed by atoms with Crippen molar-refractivity contribution in [3.05, 3.63) is 18.1 Å². The summed E-state index contributed by atoms with van der Waals surface area (Å²) in [6.07, 6.45) is -9.83. The molecule has 4 aliphatic rings. The number of nitrogens with zero attached hydrogens (tertiary/aromatic N) is 4. The lowest BCUT2D eigenvalue weighted by atomic mass is 9.47. The Morgan fingerprint density at radius 1 is 1.00 bits per heavy atom. The van der Waals surface area contributed by atoms with Gasteiger partial charge in [0.2, 0.25) is 29.5 Å². The Bertz CT molecular complexity index is 1530. The molecular formula is C30H33F7N6O5. The number of alkyl halides is 6. The van der Waals surface area contributed by atoms with Gasteiger partial charge in [-0.25, -0.2) is 9.37 Å². The number of anilines is 1. The fraction of sp³-hybridized carbons (Fsp3) is 0.667. The Kier molecular flexibility index (Phi) is 8.83. The summed E-state index contributed by atoms with van der Waals surface area (Å²) >= 11 is 0. The Morgan fingerprint density at radius 2 is 1.62 bits per heavy atom. The molecule has 0 spiro atoms. The van der Waals surface area contributed by atoms with E-state index in [1.165, 1.54) is 20.8 Å². The lowest BCUT2D eigenvalue weighted by Gasteiger charge is -2.57. The topological polar surface area (TPSA) is 156 Å². The molecule has 1 aromatic rings. The number of likely N-dealkylation sites (tertiary alicyclic amines) is 2. The first-order valence-electron chi connectivity index (χ1n) is 15.2. The highest BCUT2D eigenvalue weighted by Gasteiger charge is 2.67. The van der Waals surface area contributed by atoms with E-state index < -0.39 is 88.8 Å². The smallest absolute Gasteiger partial charge is 0.409 e. The van der Waals surface area contributed by atoms with Crippen molar-refractivity contribution in [2.45, 2.75) is 70.5 Å². The van der Waals surface area contributed by atoms with Crippen molar-refractivity contribution in [3.8, 4) is 11.8 Å². The number of carbonyl (C=O) groups is 4. The molecule has 2 aliphatic carbocycles. The molecule has 5 rings (SSSR count). The zero-order valence-corrected chi connectivity index (χ0v) is 25.9. The molecular weight excluding hydrogens is 657 g/mol. The number of pyridine rings is 1. The van der Waals surface area contributed by atoms with Crippen LogP contribution in [-0.4, -0.2) is 87.1 Å². The second-order valence-corrected chi connectivity index (χ2v) is 14.0. The monoisotopic (exact) mass is 690 g/mol. The van der Waals surface area contributed by atoms with Crippen molar-refractivity contribution in [2.75, 3.05) is 18.4 Å². The predicted octanol–water partition coefficient (Wildman–Crippen LogP) is 3.36. The molecule has 1 aromatic heterocycles. The number of aromatic nitrogens is 1. The number of carbonyl (C=O) groups excluding carboxylic acids is 4. The Labute approximate surface area is 269 Å². The van der Waals surface area contributed by atoms with Gasteiger partial charge in [-0.1, -0.05) is 20.8 Å². The minimum Gasteiger partial charge on any atom is -0.504 e. The minimum atomic E-state index is -5.99. The number of aromatic hydroxyl groups is 1. The summed E-state index contributed by atoms with van der Waals surface area (Å²) in [6.45, 7) is 3.71. The second-order valence-electron chi connectivity index (χ2n) is 14.0. The SMILES string of the molecule is CC(C)(C)[C@H](NC(=O)C(C(F)(F)F)C(F)(F)F)C(=O)N1C[C@H]2[C@H](C3CC[C@H]32)[C@H]1C(=O)N1CC(C(=O)Nc2ncc(F)cc2O)CC1C#N. The number of nitrogens with one attached hydrogen (secondary N) is 2. The van der Waals surface area contributed by atoms with Crippen molar-refractivity contribution >= 4 is 29.4 Å². The van der Waals surface area contributed by atoms with Crippen LogP contribution in [0.3, 0.4) is 0 Å². The lowest BCUT2D eigenvalue weighted by Crippen LogP contribution is -2.62. The van der Waals surface area contributed by atoms with E-state index in [0.717, 1.165) is 34.9 Å². The summed E-state index contributed by atoms with van der Waals surface area (Å²) in [7, 11) is 0. The van der Waals surface area contributed by atoms with Crippen molar-refractivity contribution < 1.29 is 55.0 Å². The van der Waals surface area contributed by atoms with Gasteiger partial charge < -0.3 is 25.5 Å². The summed E-state index contributed by atoms with van der Waals surface area (Å²) < 4.78 is 93.5. The fourth-order valence-corrected chi connectivity index (χ4v) is 7.65. The van der Waals surface area contributed by atoms with E-state index in [0.29, 0.717) is 0 Å². The second kappa shape index (κ2) is 12.1. The van der Waals surface area contributed by atoms with Gasteiger partial charge in [-0.2, -0.15) is 31.6 Å². The van der Waals surface area contributed by atoms with Gasteiger partial charge in [-0.05, 0) is 48.3 Å². The molecule has 2 saturated carbocycles. The summed E-state index contributed by atoms with van der Waals surface area (Å²) in [5, 5.41) is 23.8. The van der Waals surface area contributed by atoms with E-state index in [2.05, 4.69) is 10.3 Å². The highest BCUT2D eigenvalue weighted by atomic mass is 19.4.